The monoisotopic (exact) mass is 101 g/mol. The fraction of sp³-hybridized carbons (Fsp3) is 1.00. The molecule has 0 spiro atoms. The summed E-state index contributed by atoms with van der Waals surface area (Å²) in [7, 11) is 0. The van der Waals surface area contributed by atoms with Crippen LogP contribution in [0.3, 0.4) is 0 Å². The van der Waals surface area contributed by atoms with Crippen LogP contribution >= 0.6 is 0 Å². The lowest BCUT2D eigenvalue weighted by molar-refractivity contribution is 0.407. The molecule has 0 aliphatic rings. The van der Waals surface area contributed by atoms with Gasteiger partial charge in [0, 0.05) is 1.37 Å². The van der Waals surface area contributed by atoms with Gasteiger partial charge in [0.15, 0.2) is 0 Å². The molecule has 0 bridgehead atoms. The van der Waals surface area contributed by atoms with Crippen LogP contribution in [-0.2, 0) is 0 Å². The Morgan fingerprint density at radius 3 is 1.86 bits per heavy atom. The normalized spacial score (nSPS) is 18.6. The summed E-state index contributed by atoms with van der Waals surface area (Å²) in [6, 6.07) is 0. The van der Waals surface area contributed by atoms with Gasteiger partial charge in [0.1, 0.15) is 0 Å². The summed E-state index contributed by atoms with van der Waals surface area (Å²) in [5, 5.41) is 0. The first-order valence-electron chi connectivity index (χ1n) is 3.48. The topological polar surface area (TPSA) is 0 Å². The molecule has 0 nitrogen and oxygen atoms in total. The summed E-state index contributed by atoms with van der Waals surface area (Å²) >= 11 is 0. The van der Waals surface area contributed by atoms with Crippen LogP contribution in [0.15, 0.2) is 0 Å². The maximum Gasteiger partial charge on any atom is 0.0300 e. The van der Waals surface area contributed by atoms with E-state index in [-0.39, 0.29) is 5.89 Å². The van der Waals surface area contributed by atoms with E-state index < -0.39 is 0 Å². The minimum atomic E-state index is -0.241. The Kier molecular flexibility index (Phi) is 2.25. The van der Waals surface area contributed by atoms with Gasteiger partial charge in [0.05, 0.1) is 0 Å². The van der Waals surface area contributed by atoms with Crippen molar-refractivity contribution in [3.8, 4) is 0 Å². The average molecular weight is 101 g/mol. The lowest BCUT2D eigenvalue weighted by atomic mass is 9.96. The Morgan fingerprint density at radius 1 is 1.43 bits per heavy atom. The van der Waals surface area contributed by atoms with Crippen LogP contribution in [0.1, 0.15) is 35.5 Å². The Bertz CT molecular complexity index is 61.3. The van der Waals surface area contributed by atoms with E-state index in [9.17, 15) is 0 Å². The van der Waals surface area contributed by atoms with Crippen molar-refractivity contribution in [3.05, 3.63) is 0 Å². The molecule has 0 heterocycles. The molecule has 44 valence electrons. The molecule has 0 aliphatic carbocycles. The molecule has 0 N–H and O–H groups in total. The van der Waals surface area contributed by atoms with Gasteiger partial charge in [-0.15, -0.1) is 0 Å². The van der Waals surface area contributed by atoms with Gasteiger partial charge in [-0.2, -0.15) is 0 Å². The largest absolute Gasteiger partial charge is 0.0651 e. The molecule has 0 saturated heterocycles. The summed E-state index contributed by atoms with van der Waals surface area (Å²) in [6.07, 6.45) is 1.11. The van der Waals surface area contributed by atoms with Gasteiger partial charge in [-0.1, -0.05) is 34.1 Å². The lowest BCUT2D eigenvalue weighted by Crippen LogP contribution is -2.00. The summed E-state index contributed by atoms with van der Waals surface area (Å²) in [4.78, 5) is 0. The third-order valence-electron chi connectivity index (χ3n) is 1.60. The lowest BCUT2D eigenvalue weighted by Gasteiger charge is -2.10. The second-order valence-corrected chi connectivity index (χ2v) is 2.39. The van der Waals surface area contributed by atoms with E-state index in [4.69, 9.17) is 1.37 Å². The fourth-order valence-electron chi connectivity index (χ4n) is 0.408. The van der Waals surface area contributed by atoms with Gasteiger partial charge in [-0.25, -0.2) is 0 Å². The quantitative estimate of drug-likeness (QED) is 0.501. The highest BCUT2D eigenvalue weighted by Gasteiger charge is 2.01. The predicted octanol–water partition coefficient (Wildman–Crippen LogP) is 2.69. The van der Waals surface area contributed by atoms with Crippen LogP contribution < -0.4 is 0 Å². The molecule has 0 aromatic carbocycles. The first-order valence-corrected chi connectivity index (χ1v) is 2.98. The molecule has 0 aliphatic heterocycles. The maximum atomic E-state index is 7.54. The van der Waals surface area contributed by atoms with Crippen LogP contribution in [0.4, 0.5) is 0 Å². The van der Waals surface area contributed by atoms with Crippen LogP contribution in [-0.4, -0.2) is 0 Å². The SMILES string of the molecule is [2H]C(C)(C)C(C)CC. The van der Waals surface area contributed by atoms with Crippen LogP contribution in [0.25, 0.3) is 0 Å². The fourth-order valence-corrected chi connectivity index (χ4v) is 0.408. The van der Waals surface area contributed by atoms with Gasteiger partial charge >= 0.3 is 0 Å². The summed E-state index contributed by atoms with van der Waals surface area (Å²) in [5.41, 5.74) is 0. The van der Waals surface area contributed by atoms with Crippen molar-refractivity contribution < 1.29 is 1.37 Å². The molecule has 0 rings (SSSR count). The van der Waals surface area contributed by atoms with Gasteiger partial charge in [-0.3, -0.25) is 0 Å². The third kappa shape index (κ3) is 2.67. The number of hydrogen-bond donors (Lipinski definition) is 0. The maximum absolute atomic E-state index is 7.54. The van der Waals surface area contributed by atoms with E-state index in [0.29, 0.717) is 5.92 Å². The zero-order valence-corrected chi connectivity index (χ0v) is 5.78. The van der Waals surface area contributed by atoms with Crippen molar-refractivity contribution in [3.63, 3.8) is 0 Å². The zero-order chi connectivity index (χ0) is 6.78. The Balaban J connectivity index is 3.62. The van der Waals surface area contributed by atoms with Crippen LogP contribution in [0.5, 0.6) is 0 Å². The molecule has 1 atom stereocenters. The number of hydrogen-bond acceptors (Lipinski definition) is 0. The molecule has 0 fully saturated rings. The Morgan fingerprint density at radius 2 is 1.86 bits per heavy atom. The van der Waals surface area contributed by atoms with Crippen molar-refractivity contribution in [2.24, 2.45) is 11.8 Å². The molecular weight excluding hydrogens is 84.1 g/mol. The van der Waals surface area contributed by atoms with E-state index in [1.54, 1.807) is 0 Å². The molecule has 0 radical (unpaired) electrons. The summed E-state index contributed by atoms with van der Waals surface area (Å²) in [6.45, 7) is 8.16. The van der Waals surface area contributed by atoms with Crippen molar-refractivity contribution in [2.45, 2.75) is 34.1 Å². The van der Waals surface area contributed by atoms with Crippen LogP contribution in [0, 0.1) is 11.8 Å². The first-order chi connectivity index (χ1) is 3.48. The smallest absolute Gasteiger partial charge is 0.0300 e. The van der Waals surface area contributed by atoms with Crippen molar-refractivity contribution in [2.75, 3.05) is 0 Å². The van der Waals surface area contributed by atoms with E-state index >= 15 is 0 Å². The molecule has 0 aromatic heterocycles. The zero-order valence-electron chi connectivity index (χ0n) is 6.78. The minimum Gasteiger partial charge on any atom is -0.0651 e. The molecule has 0 aromatic rings. The Labute approximate surface area is 48.3 Å². The molecular formula is C7H16. The molecule has 0 saturated carbocycles. The minimum absolute atomic E-state index is 0.241. The standard InChI is InChI=1S/C7H16/c1-5-7(4)6(2)3/h6-7H,5H2,1-4H3/i6D. The average Bonchev–Trinajstić information content (AvgIpc) is 1.62. The van der Waals surface area contributed by atoms with Crippen molar-refractivity contribution >= 4 is 0 Å². The van der Waals surface area contributed by atoms with Crippen molar-refractivity contribution in [1.29, 1.82) is 0 Å². The summed E-state index contributed by atoms with van der Waals surface area (Å²) in [5.74, 6) is 0.275. The molecule has 0 heteroatoms. The second-order valence-electron chi connectivity index (χ2n) is 2.39. The van der Waals surface area contributed by atoms with Gasteiger partial charge in [0.2, 0.25) is 0 Å². The van der Waals surface area contributed by atoms with E-state index in [1.807, 2.05) is 13.8 Å². The predicted molar refractivity (Wildman–Crippen MR) is 34.3 cm³/mol. The van der Waals surface area contributed by atoms with Crippen molar-refractivity contribution in [1.82, 2.24) is 0 Å². The Hall–Kier alpha value is 0. The van der Waals surface area contributed by atoms with Gasteiger partial charge in [-0.05, 0) is 11.8 Å². The highest BCUT2D eigenvalue weighted by Crippen LogP contribution is 2.11. The third-order valence-corrected chi connectivity index (χ3v) is 1.60. The van der Waals surface area contributed by atoms with E-state index in [1.165, 1.54) is 0 Å². The van der Waals surface area contributed by atoms with Gasteiger partial charge in [0.25, 0.3) is 0 Å². The molecule has 0 amide bonds. The second kappa shape index (κ2) is 3.06. The highest BCUT2D eigenvalue weighted by atomic mass is 14.1. The summed E-state index contributed by atoms with van der Waals surface area (Å²) < 4.78 is 7.54. The molecule has 1 unspecified atom stereocenters. The first kappa shape index (κ1) is 5.14. The van der Waals surface area contributed by atoms with E-state index in [2.05, 4.69) is 13.8 Å². The van der Waals surface area contributed by atoms with E-state index in [0.717, 1.165) is 6.42 Å². The molecule has 7 heavy (non-hydrogen) atoms. The highest BCUT2D eigenvalue weighted by molar-refractivity contribution is 4.52. The van der Waals surface area contributed by atoms with Gasteiger partial charge < -0.3 is 0 Å². The van der Waals surface area contributed by atoms with Crippen LogP contribution in [0.2, 0.25) is 0 Å². The number of rotatable bonds is 2.